The summed E-state index contributed by atoms with van der Waals surface area (Å²) in [6.07, 6.45) is 0. The third-order valence-corrected chi connectivity index (χ3v) is 2.67. The van der Waals surface area contributed by atoms with Crippen molar-refractivity contribution in [3.05, 3.63) is 33.9 Å². The molecule has 1 rings (SSSR count). The minimum Gasteiger partial charge on any atom is -0.486 e. The molecule has 94 valence electrons. The Hall–Kier alpha value is -1.67. The first-order valence-electron chi connectivity index (χ1n) is 4.68. The van der Waals surface area contributed by atoms with Crippen LogP contribution in [0.2, 0.25) is 0 Å². The zero-order chi connectivity index (χ0) is 13.1. The summed E-state index contributed by atoms with van der Waals surface area (Å²) in [4.78, 5) is 10.1. The summed E-state index contributed by atoms with van der Waals surface area (Å²) in [6, 6.07) is 4.35. The molecule has 0 saturated heterocycles. The number of hydrogen-bond donors (Lipinski definition) is 1. The Labute approximate surface area is 98.4 Å². The minimum absolute atomic E-state index is 0.0404. The molecule has 0 saturated carbocycles. The van der Waals surface area contributed by atoms with Crippen LogP contribution in [0.4, 0.5) is 5.69 Å². The fourth-order valence-electron chi connectivity index (χ4n) is 1.16. The highest BCUT2D eigenvalue weighted by molar-refractivity contribution is 7.89. The van der Waals surface area contributed by atoms with E-state index in [4.69, 9.17) is 9.88 Å². The molecular weight excluding hydrogens is 248 g/mol. The minimum atomic E-state index is -3.63. The molecule has 0 aliphatic heterocycles. The van der Waals surface area contributed by atoms with E-state index in [9.17, 15) is 18.5 Å². The Morgan fingerprint density at radius 1 is 1.47 bits per heavy atom. The quantitative estimate of drug-likeness (QED) is 0.614. The zero-order valence-electron chi connectivity index (χ0n) is 9.12. The topological polar surface area (TPSA) is 113 Å². The van der Waals surface area contributed by atoms with Crippen molar-refractivity contribution < 1.29 is 18.1 Å². The number of nitrogens with zero attached hydrogens (tertiary/aromatic N) is 1. The van der Waals surface area contributed by atoms with E-state index < -0.39 is 20.7 Å². The first-order valence-corrected chi connectivity index (χ1v) is 6.39. The van der Waals surface area contributed by atoms with Gasteiger partial charge in [-0.3, -0.25) is 10.1 Å². The summed E-state index contributed by atoms with van der Waals surface area (Å²) in [5.74, 6) is -0.350. The molecule has 0 bridgehead atoms. The molecule has 0 aliphatic carbocycles. The van der Waals surface area contributed by atoms with E-state index in [0.29, 0.717) is 0 Å². The van der Waals surface area contributed by atoms with Crippen LogP contribution in [0.1, 0.15) is 5.56 Å². The van der Waals surface area contributed by atoms with E-state index in [2.05, 4.69) is 0 Å². The number of rotatable bonds is 5. The molecule has 0 fully saturated rings. The van der Waals surface area contributed by atoms with Crippen LogP contribution in [0.5, 0.6) is 5.75 Å². The number of primary sulfonamides is 1. The molecule has 0 heterocycles. The summed E-state index contributed by atoms with van der Waals surface area (Å²) in [7, 11) is -3.63. The van der Waals surface area contributed by atoms with Crippen LogP contribution < -0.4 is 9.88 Å². The monoisotopic (exact) mass is 260 g/mol. The van der Waals surface area contributed by atoms with Gasteiger partial charge in [-0.05, 0) is 18.6 Å². The van der Waals surface area contributed by atoms with Gasteiger partial charge in [0.05, 0.1) is 10.7 Å². The van der Waals surface area contributed by atoms with Gasteiger partial charge < -0.3 is 4.74 Å². The van der Waals surface area contributed by atoms with Crippen LogP contribution in [0.15, 0.2) is 18.2 Å². The van der Waals surface area contributed by atoms with Gasteiger partial charge in [-0.1, -0.05) is 6.07 Å². The molecule has 2 N–H and O–H groups in total. The van der Waals surface area contributed by atoms with Crippen molar-refractivity contribution in [2.75, 3.05) is 12.4 Å². The number of hydrogen-bond acceptors (Lipinski definition) is 5. The molecule has 1 aromatic rings. The Kier molecular flexibility index (Phi) is 4.02. The van der Waals surface area contributed by atoms with E-state index in [0.717, 1.165) is 5.56 Å². The number of benzene rings is 1. The summed E-state index contributed by atoms with van der Waals surface area (Å²) in [6.45, 7) is 1.53. The molecule has 0 radical (unpaired) electrons. The standard InChI is InChI=1S/C9H12N2O5S/c1-7-2-3-8(11(12)13)9(6-7)16-4-5-17(10,14)15/h2-3,6H,4-5H2,1H3,(H2,10,14,15). The zero-order valence-corrected chi connectivity index (χ0v) is 9.94. The maximum atomic E-state index is 10.7. The molecule has 1 aromatic carbocycles. The predicted octanol–water partition coefficient (Wildman–Crippen LogP) is 0.571. The van der Waals surface area contributed by atoms with E-state index in [1.54, 1.807) is 13.0 Å². The van der Waals surface area contributed by atoms with Gasteiger partial charge in [0.25, 0.3) is 0 Å². The molecule has 8 heteroatoms. The van der Waals surface area contributed by atoms with E-state index in [1.165, 1.54) is 12.1 Å². The van der Waals surface area contributed by atoms with Crippen molar-refractivity contribution in [2.45, 2.75) is 6.92 Å². The van der Waals surface area contributed by atoms with Crippen LogP contribution in [-0.4, -0.2) is 25.7 Å². The third-order valence-electron chi connectivity index (χ3n) is 1.94. The average molecular weight is 260 g/mol. The number of nitro benzene ring substituents is 1. The van der Waals surface area contributed by atoms with Crippen LogP contribution >= 0.6 is 0 Å². The van der Waals surface area contributed by atoms with Gasteiger partial charge in [0.15, 0.2) is 5.75 Å². The van der Waals surface area contributed by atoms with Crippen LogP contribution in [0.25, 0.3) is 0 Å². The van der Waals surface area contributed by atoms with Crippen LogP contribution in [0.3, 0.4) is 0 Å². The van der Waals surface area contributed by atoms with Crippen molar-refractivity contribution in [3.8, 4) is 5.75 Å². The Balaban J connectivity index is 2.82. The van der Waals surface area contributed by atoms with Crippen molar-refractivity contribution >= 4 is 15.7 Å². The molecular formula is C9H12N2O5S. The molecule has 0 spiro atoms. The molecule has 0 unspecified atom stereocenters. The Morgan fingerprint density at radius 3 is 2.65 bits per heavy atom. The van der Waals surface area contributed by atoms with E-state index in [1.807, 2.05) is 0 Å². The largest absolute Gasteiger partial charge is 0.486 e. The fourth-order valence-corrected chi connectivity index (χ4v) is 1.47. The summed E-state index contributed by atoms with van der Waals surface area (Å²) < 4.78 is 26.4. The maximum Gasteiger partial charge on any atom is 0.310 e. The summed E-state index contributed by atoms with van der Waals surface area (Å²) >= 11 is 0. The maximum absolute atomic E-state index is 10.7. The molecule has 0 amide bonds. The number of ether oxygens (including phenoxy) is 1. The first kappa shape index (κ1) is 13.4. The molecule has 0 aliphatic rings. The average Bonchev–Trinajstić information content (AvgIpc) is 2.15. The Bertz CT molecular complexity index is 526. The van der Waals surface area contributed by atoms with Gasteiger partial charge in [-0.25, -0.2) is 13.6 Å². The van der Waals surface area contributed by atoms with Gasteiger partial charge in [-0.15, -0.1) is 0 Å². The second-order valence-corrected chi connectivity index (χ2v) is 5.18. The second-order valence-electron chi connectivity index (χ2n) is 3.44. The van der Waals surface area contributed by atoms with Gasteiger partial charge in [-0.2, -0.15) is 0 Å². The first-order chi connectivity index (χ1) is 7.79. The highest BCUT2D eigenvalue weighted by Gasteiger charge is 2.15. The SMILES string of the molecule is Cc1ccc([N+](=O)[O-])c(OCCS(N)(=O)=O)c1. The summed E-state index contributed by atoms with van der Waals surface area (Å²) in [5.41, 5.74) is 0.575. The number of aryl methyl sites for hydroxylation is 1. The van der Waals surface area contributed by atoms with Crippen molar-refractivity contribution in [1.29, 1.82) is 0 Å². The predicted molar refractivity (Wildman–Crippen MR) is 61.3 cm³/mol. The smallest absolute Gasteiger partial charge is 0.310 e. The van der Waals surface area contributed by atoms with Gasteiger partial charge >= 0.3 is 5.69 Å². The number of nitrogens with two attached hydrogens (primary N) is 1. The molecule has 0 aromatic heterocycles. The lowest BCUT2D eigenvalue weighted by molar-refractivity contribution is -0.385. The molecule has 7 nitrogen and oxygen atoms in total. The lowest BCUT2D eigenvalue weighted by Gasteiger charge is -2.06. The van der Waals surface area contributed by atoms with E-state index >= 15 is 0 Å². The van der Waals surface area contributed by atoms with Crippen molar-refractivity contribution in [2.24, 2.45) is 5.14 Å². The third kappa shape index (κ3) is 4.37. The van der Waals surface area contributed by atoms with Gasteiger partial charge in [0, 0.05) is 6.07 Å². The lowest BCUT2D eigenvalue weighted by Crippen LogP contribution is -2.21. The number of nitro groups is 1. The van der Waals surface area contributed by atoms with Crippen molar-refractivity contribution in [3.63, 3.8) is 0 Å². The van der Waals surface area contributed by atoms with Crippen molar-refractivity contribution in [1.82, 2.24) is 0 Å². The van der Waals surface area contributed by atoms with Crippen LogP contribution in [-0.2, 0) is 10.0 Å². The Morgan fingerprint density at radius 2 is 2.12 bits per heavy atom. The second kappa shape index (κ2) is 5.11. The summed E-state index contributed by atoms with van der Waals surface area (Å²) in [5, 5.41) is 15.5. The lowest BCUT2D eigenvalue weighted by atomic mass is 10.2. The highest BCUT2D eigenvalue weighted by atomic mass is 32.2. The molecule has 17 heavy (non-hydrogen) atoms. The van der Waals surface area contributed by atoms with Crippen LogP contribution in [0, 0.1) is 17.0 Å². The molecule has 0 atom stereocenters. The highest BCUT2D eigenvalue weighted by Crippen LogP contribution is 2.27. The number of sulfonamides is 1. The van der Waals surface area contributed by atoms with Gasteiger partial charge in [0.2, 0.25) is 10.0 Å². The normalized spacial score (nSPS) is 11.2. The fraction of sp³-hybridized carbons (Fsp3) is 0.333. The van der Waals surface area contributed by atoms with E-state index in [-0.39, 0.29) is 18.0 Å². The van der Waals surface area contributed by atoms with Gasteiger partial charge in [0.1, 0.15) is 6.61 Å².